The Labute approximate surface area is 264 Å². The van der Waals surface area contributed by atoms with Crippen LogP contribution in [-0.2, 0) is 4.74 Å². The number of rotatable bonds is 3. The third kappa shape index (κ3) is 5.63. The van der Waals surface area contributed by atoms with E-state index in [0.29, 0.717) is 27.7 Å². The van der Waals surface area contributed by atoms with E-state index in [1.54, 1.807) is 6.08 Å². The van der Waals surface area contributed by atoms with Gasteiger partial charge in [0.05, 0.1) is 12.7 Å². The van der Waals surface area contributed by atoms with Crippen LogP contribution in [0.2, 0.25) is 0 Å². The number of allylic oxidation sites excluding steroid dienone is 4. The summed E-state index contributed by atoms with van der Waals surface area (Å²) in [6, 6.07) is 8.13. The number of methoxy groups -OCH3 is 1. The summed E-state index contributed by atoms with van der Waals surface area (Å²) in [6.07, 6.45) is 21.8. The number of hydrogen-bond acceptors (Lipinski definition) is 2. The van der Waals surface area contributed by atoms with Crippen molar-refractivity contribution in [2.75, 3.05) is 7.11 Å². The minimum atomic E-state index is -0.260. The Kier molecular flexibility index (Phi) is 10.3. The fourth-order valence-electron chi connectivity index (χ4n) is 11.6. The lowest BCUT2D eigenvalue weighted by Crippen LogP contribution is -2.60. The fourth-order valence-corrected chi connectivity index (χ4v) is 11.6. The topological polar surface area (TPSA) is 26.3 Å². The molecule has 0 radical (unpaired) electrons. The molecule has 8 atom stereocenters. The van der Waals surface area contributed by atoms with Crippen LogP contribution in [0.1, 0.15) is 135 Å². The highest BCUT2D eigenvalue weighted by Gasteiger charge is 2.65. The minimum absolute atomic E-state index is 0.119. The number of ether oxygens (including phenoxy) is 1. The molecule has 43 heavy (non-hydrogen) atoms. The first kappa shape index (κ1) is 33.8. The zero-order chi connectivity index (χ0) is 31.6. The molecule has 0 saturated heterocycles. The lowest BCUT2D eigenvalue weighted by Gasteiger charge is -2.68. The van der Waals surface area contributed by atoms with E-state index < -0.39 is 0 Å². The van der Waals surface area contributed by atoms with Gasteiger partial charge < -0.3 is 4.74 Å². The molecule has 0 N–H and O–H groups in total. The van der Waals surface area contributed by atoms with Gasteiger partial charge in [0.15, 0.2) is 0 Å². The van der Waals surface area contributed by atoms with Gasteiger partial charge in [0.1, 0.15) is 0 Å². The second-order valence-corrected chi connectivity index (χ2v) is 15.7. The van der Waals surface area contributed by atoms with E-state index >= 15 is 0 Å². The molecule has 0 aliphatic heterocycles. The van der Waals surface area contributed by atoms with Crippen molar-refractivity contribution in [2.24, 2.45) is 51.2 Å². The summed E-state index contributed by atoms with van der Waals surface area (Å²) in [5, 5.41) is 0. The third-order valence-corrected chi connectivity index (χ3v) is 13.2. The Hall–Kier alpha value is -2.09. The van der Waals surface area contributed by atoms with E-state index in [4.69, 9.17) is 4.74 Å². The van der Waals surface area contributed by atoms with Gasteiger partial charge >= 0.3 is 5.97 Å². The highest BCUT2D eigenvalue weighted by molar-refractivity contribution is 5.89. The zero-order valence-electron chi connectivity index (χ0n) is 28.9. The van der Waals surface area contributed by atoms with E-state index in [1.807, 2.05) is 19.1 Å². The normalized spacial score (nSPS) is 38.5. The first-order valence-electron chi connectivity index (χ1n) is 17.5. The van der Waals surface area contributed by atoms with Crippen LogP contribution in [-0.4, -0.2) is 13.1 Å². The van der Waals surface area contributed by atoms with Crippen molar-refractivity contribution in [2.45, 2.75) is 119 Å². The molecule has 4 fully saturated rings. The molecule has 8 unspecified atom stereocenters. The van der Waals surface area contributed by atoms with Crippen molar-refractivity contribution in [3.63, 3.8) is 0 Å². The van der Waals surface area contributed by atoms with Crippen LogP contribution in [0, 0.1) is 51.2 Å². The van der Waals surface area contributed by atoms with Gasteiger partial charge in [0.2, 0.25) is 0 Å². The summed E-state index contributed by atoms with van der Waals surface area (Å²) in [7, 11) is 1.45. The molecule has 0 spiro atoms. The first-order valence-corrected chi connectivity index (χ1v) is 17.5. The van der Waals surface area contributed by atoms with E-state index in [2.05, 4.69) is 79.0 Å². The maximum Gasteiger partial charge on any atom is 0.337 e. The lowest BCUT2D eigenvalue weighted by atomic mass is 9.36. The van der Waals surface area contributed by atoms with Gasteiger partial charge in [0.25, 0.3) is 0 Å². The van der Waals surface area contributed by atoms with Crippen LogP contribution in [0.3, 0.4) is 0 Å². The summed E-state index contributed by atoms with van der Waals surface area (Å²) >= 11 is 0. The van der Waals surface area contributed by atoms with Crippen LogP contribution in [0.15, 0.2) is 55.7 Å². The second kappa shape index (κ2) is 13.1. The Morgan fingerprint density at radius 3 is 2.14 bits per heavy atom. The standard InChI is InChI=1S/C35H48O2.C3H8.C3H6/c1-7-35-19-8-9-28(35)25-14-15-30-33(4,27(25)17-22-35)21-18-29-32(2,3)26(16-20-34(29,30)5)23-10-12-24(13-11-23)31(36)37-6;2*1-3-2/h7,10-13,16,25,27-30H,1,8-9,14-15,17-22H2,2-6H3;3H2,1-2H3;3H,1H2,2H3. The van der Waals surface area contributed by atoms with E-state index in [1.165, 1.54) is 88.9 Å². The van der Waals surface area contributed by atoms with Gasteiger partial charge in [-0.1, -0.05) is 84.7 Å². The fraction of sp³-hybridized carbons (Fsp3) is 0.683. The number of hydrogen-bond donors (Lipinski definition) is 0. The molecule has 0 bridgehead atoms. The van der Waals surface area contributed by atoms with Crippen LogP contribution >= 0.6 is 0 Å². The van der Waals surface area contributed by atoms with Gasteiger partial charge in [-0.2, -0.15) is 0 Å². The molecule has 2 heteroatoms. The predicted molar refractivity (Wildman–Crippen MR) is 184 cm³/mol. The maximum atomic E-state index is 12.0. The molecule has 4 saturated carbocycles. The second-order valence-electron chi connectivity index (χ2n) is 15.7. The van der Waals surface area contributed by atoms with E-state index in [0.717, 1.165) is 23.7 Å². The first-order chi connectivity index (χ1) is 20.4. The summed E-state index contributed by atoms with van der Waals surface area (Å²) < 4.78 is 4.92. The molecule has 1 aromatic rings. The van der Waals surface area contributed by atoms with E-state index in [-0.39, 0.29) is 11.4 Å². The van der Waals surface area contributed by atoms with Crippen molar-refractivity contribution in [1.82, 2.24) is 0 Å². The predicted octanol–water partition coefficient (Wildman–Crippen LogP) is 11.7. The molecule has 0 heterocycles. The summed E-state index contributed by atoms with van der Waals surface area (Å²) in [6.45, 7) is 24.3. The monoisotopic (exact) mass is 586 g/mol. The van der Waals surface area contributed by atoms with Gasteiger partial charge in [-0.05, 0) is 139 Å². The highest BCUT2D eigenvalue weighted by Crippen LogP contribution is 2.73. The molecule has 5 aliphatic carbocycles. The minimum Gasteiger partial charge on any atom is -0.465 e. The van der Waals surface area contributed by atoms with Crippen molar-refractivity contribution in [3.8, 4) is 0 Å². The van der Waals surface area contributed by atoms with Gasteiger partial charge in [0, 0.05) is 0 Å². The number of carbonyl (C=O) groups excluding carboxylic acids is 1. The summed E-state index contributed by atoms with van der Waals surface area (Å²) in [4.78, 5) is 12.0. The largest absolute Gasteiger partial charge is 0.465 e. The van der Waals surface area contributed by atoms with E-state index in [9.17, 15) is 4.79 Å². The van der Waals surface area contributed by atoms with Gasteiger partial charge in [-0.3, -0.25) is 0 Å². The molecule has 238 valence electrons. The maximum absolute atomic E-state index is 12.0. The molecule has 5 aliphatic rings. The summed E-state index contributed by atoms with van der Waals surface area (Å²) in [5.41, 5.74) is 4.79. The van der Waals surface area contributed by atoms with Crippen LogP contribution in [0.4, 0.5) is 0 Å². The molecule has 1 aromatic carbocycles. The Bertz CT molecular complexity index is 1170. The SMILES string of the molecule is C=CC.C=CC12CCCC1C1CCC3C(C)(CCC4C(C)(C)C(c5ccc(C(=O)OC)cc5)=CCC43C)C1CC2.CCC. The van der Waals surface area contributed by atoms with Crippen molar-refractivity contribution in [3.05, 3.63) is 66.8 Å². The van der Waals surface area contributed by atoms with Crippen LogP contribution < -0.4 is 0 Å². The van der Waals surface area contributed by atoms with Crippen LogP contribution in [0.5, 0.6) is 0 Å². The Balaban J connectivity index is 0.000000653. The summed E-state index contributed by atoms with van der Waals surface area (Å²) in [5.74, 6) is 3.97. The molecular formula is C41H62O2. The quantitative estimate of drug-likeness (QED) is 0.260. The Morgan fingerprint density at radius 1 is 0.884 bits per heavy atom. The molecule has 0 amide bonds. The van der Waals surface area contributed by atoms with Crippen molar-refractivity contribution >= 4 is 11.5 Å². The van der Waals surface area contributed by atoms with Crippen LogP contribution in [0.25, 0.3) is 5.57 Å². The third-order valence-electron chi connectivity index (χ3n) is 13.2. The number of benzene rings is 1. The molecule has 6 rings (SSSR count). The van der Waals surface area contributed by atoms with Crippen molar-refractivity contribution in [1.29, 1.82) is 0 Å². The average Bonchev–Trinajstić information content (AvgIpc) is 3.42. The zero-order valence-corrected chi connectivity index (χ0v) is 28.9. The lowest BCUT2D eigenvalue weighted by molar-refractivity contribution is -0.174. The average molecular weight is 587 g/mol. The van der Waals surface area contributed by atoms with Crippen molar-refractivity contribution < 1.29 is 9.53 Å². The Morgan fingerprint density at radius 2 is 1.53 bits per heavy atom. The number of fused-ring (bicyclic) bond motifs is 7. The van der Waals surface area contributed by atoms with Gasteiger partial charge in [-0.25, -0.2) is 4.79 Å². The van der Waals surface area contributed by atoms with Gasteiger partial charge in [-0.15, -0.1) is 13.2 Å². The molecular weight excluding hydrogens is 524 g/mol. The smallest absolute Gasteiger partial charge is 0.337 e. The highest BCUT2D eigenvalue weighted by atomic mass is 16.5. The number of carbonyl (C=O) groups is 1. The molecule has 0 aromatic heterocycles. The molecule has 2 nitrogen and oxygen atoms in total. The number of esters is 1.